The summed E-state index contributed by atoms with van der Waals surface area (Å²) in [6.07, 6.45) is 1.75. The van der Waals surface area contributed by atoms with E-state index in [9.17, 15) is 0 Å². The van der Waals surface area contributed by atoms with Gasteiger partial charge in [-0.15, -0.1) is 0 Å². The van der Waals surface area contributed by atoms with Crippen LogP contribution in [0.3, 0.4) is 0 Å². The van der Waals surface area contributed by atoms with Crippen molar-refractivity contribution in [3.63, 3.8) is 0 Å². The third-order valence-electron chi connectivity index (χ3n) is 2.77. The zero-order chi connectivity index (χ0) is 12.8. The van der Waals surface area contributed by atoms with E-state index in [1.165, 1.54) is 0 Å². The summed E-state index contributed by atoms with van der Waals surface area (Å²) in [5.41, 5.74) is 2.22. The first-order valence-corrected chi connectivity index (χ1v) is 6.11. The lowest BCUT2D eigenvalue weighted by atomic mass is 10.1. The van der Waals surface area contributed by atoms with Crippen LogP contribution in [-0.4, -0.2) is 12.0 Å². The number of nitrogens with one attached hydrogen (secondary N) is 1. The zero-order valence-electron chi connectivity index (χ0n) is 10.8. The summed E-state index contributed by atoms with van der Waals surface area (Å²) in [4.78, 5) is 4.30. The van der Waals surface area contributed by atoms with Gasteiger partial charge < -0.3 is 10.1 Å². The normalized spacial score (nSPS) is 12.1. The Hall–Kier alpha value is -1.87. The van der Waals surface area contributed by atoms with Gasteiger partial charge in [0.1, 0.15) is 6.10 Å². The van der Waals surface area contributed by atoms with Gasteiger partial charge in [0.05, 0.1) is 0 Å². The van der Waals surface area contributed by atoms with Gasteiger partial charge >= 0.3 is 0 Å². The minimum Gasteiger partial charge on any atom is -0.470 e. The number of ether oxygens (including phenoxy) is 1. The highest BCUT2D eigenvalue weighted by Gasteiger charge is 2.10. The Morgan fingerprint density at radius 2 is 1.94 bits per heavy atom. The molecule has 0 aliphatic carbocycles. The molecule has 0 radical (unpaired) electrons. The molecule has 1 atom stereocenters. The summed E-state index contributed by atoms with van der Waals surface area (Å²) in [6.45, 7) is 2.79. The first-order valence-electron chi connectivity index (χ1n) is 6.11. The topological polar surface area (TPSA) is 34.2 Å². The van der Waals surface area contributed by atoms with Crippen LogP contribution in [0, 0.1) is 0 Å². The van der Waals surface area contributed by atoms with Crippen LogP contribution < -0.4 is 10.1 Å². The maximum Gasteiger partial charge on any atom is 0.218 e. The number of pyridine rings is 1. The van der Waals surface area contributed by atoms with E-state index in [0.29, 0.717) is 5.88 Å². The van der Waals surface area contributed by atoms with E-state index < -0.39 is 0 Å². The van der Waals surface area contributed by atoms with Crippen LogP contribution in [0.15, 0.2) is 48.7 Å². The molecule has 3 nitrogen and oxygen atoms in total. The molecule has 0 aliphatic rings. The molecule has 1 unspecified atom stereocenters. The molecule has 0 fully saturated rings. The third-order valence-corrected chi connectivity index (χ3v) is 2.77. The summed E-state index contributed by atoms with van der Waals surface area (Å²) in [6, 6.07) is 14.1. The number of hydrogen-bond acceptors (Lipinski definition) is 3. The van der Waals surface area contributed by atoms with E-state index in [2.05, 4.69) is 22.4 Å². The maximum atomic E-state index is 5.93. The highest BCUT2D eigenvalue weighted by Crippen LogP contribution is 2.22. The molecule has 1 aromatic carbocycles. The Bertz CT molecular complexity index is 485. The Labute approximate surface area is 108 Å². The van der Waals surface area contributed by atoms with Gasteiger partial charge in [-0.05, 0) is 25.6 Å². The van der Waals surface area contributed by atoms with Gasteiger partial charge in [0.2, 0.25) is 5.88 Å². The van der Waals surface area contributed by atoms with Crippen molar-refractivity contribution in [3.8, 4) is 5.88 Å². The van der Waals surface area contributed by atoms with Gasteiger partial charge in [-0.2, -0.15) is 0 Å². The molecule has 94 valence electrons. The van der Waals surface area contributed by atoms with Crippen LogP contribution in [0.5, 0.6) is 5.88 Å². The van der Waals surface area contributed by atoms with Crippen molar-refractivity contribution in [2.45, 2.75) is 19.6 Å². The summed E-state index contributed by atoms with van der Waals surface area (Å²) < 4.78 is 5.93. The molecule has 0 amide bonds. The fourth-order valence-electron chi connectivity index (χ4n) is 1.81. The standard InChI is InChI=1S/C15H18N2O/c1-12(13-7-4-3-5-8-13)18-15-14(11-16-2)9-6-10-17-15/h3-10,12,16H,11H2,1-2H3. The quantitative estimate of drug-likeness (QED) is 0.875. The molecule has 2 aromatic rings. The number of aromatic nitrogens is 1. The molecule has 18 heavy (non-hydrogen) atoms. The second-order valence-electron chi connectivity index (χ2n) is 4.17. The van der Waals surface area contributed by atoms with Crippen LogP contribution in [0.4, 0.5) is 0 Å². The van der Waals surface area contributed by atoms with Crippen molar-refractivity contribution in [2.24, 2.45) is 0 Å². The van der Waals surface area contributed by atoms with Gasteiger partial charge in [-0.25, -0.2) is 4.98 Å². The molecule has 1 heterocycles. The average Bonchev–Trinajstić information content (AvgIpc) is 2.42. The number of rotatable bonds is 5. The fraction of sp³-hybridized carbons (Fsp3) is 0.267. The zero-order valence-corrected chi connectivity index (χ0v) is 10.8. The first-order chi connectivity index (χ1) is 8.81. The molecular weight excluding hydrogens is 224 g/mol. The largest absolute Gasteiger partial charge is 0.470 e. The summed E-state index contributed by atoms with van der Waals surface area (Å²) >= 11 is 0. The minimum atomic E-state index is -0.00305. The highest BCUT2D eigenvalue weighted by molar-refractivity contribution is 5.27. The molecule has 0 saturated heterocycles. The number of nitrogens with zero attached hydrogens (tertiary/aromatic N) is 1. The summed E-state index contributed by atoms with van der Waals surface area (Å²) in [5.74, 6) is 0.697. The van der Waals surface area contributed by atoms with Crippen LogP contribution in [0.2, 0.25) is 0 Å². The first kappa shape index (κ1) is 12.6. The Balaban J connectivity index is 2.14. The predicted octanol–water partition coefficient (Wildman–Crippen LogP) is 2.94. The maximum absolute atomic E-state index is 5.93. The monoisotopic (exact) mass is 242 g/mol. The Morgan fingerprint density at radius 1 is 1.17 bits per heavy atom. The molecule has 0 bridgehead atoms. The molecule has 2 rings (SSSR count). The minimum absolute atomic E-state index is 0.00305. The predicted molar refractivity (Wildman–Crippen MR) is 72.5 cm³/mol. The van der Waals surface area contributed by atoms with Crippen molar-refractivity contribution in [1.29, 1.82) is 0 Å². The second kappa shape index (κ2) is 6.17. The fourth-order valence-corrected chi connectivity index (χ4v) is 1.81. The van der Waals surface area contributed by atoms with Crippen LogP contribution >= 0.6 is 0 Å². The molecule has 1 N–H and O–H groups in total. The van der Waals surface area contributed by atoms with Gasteiger partial charge in [-0.1, -0.05) is 36.4 Å². The Kier molecular flexibility index (Phi) is 4.31. The smallest absolute Gasteiger partial charge is 0.218 e. The third kappa shape index (κ3) is 3.08. The van der Waals surface area contributed by atoms with Crippen LogP contribution in [0.25, 0.3) is 0 Å². The molecule has 0 spiro atoms. The second-order valence-corrected chi connectivity index (χ2v) is 4.17. The lowest BCUT2D eigenvalue weighted by molar-refractivity contribution is 0.214. The van der Waals surface area contributed by atoms with Crippen LogP contribution in [0.1, 0.15) is 24.2 Å². The summed E-state index contributed by atoms with van der Waals surface area (Å²) in [7, 11) is 1.91. The van der Waals surface area contributed by atoms with Crippen molar-refractivity contribution >= 4 is 0 Å². The van der Waals surface area contributed by atoms with E-state index in [4.69, 9.17) is 4.74 Å². The molecule has 3 heteroatoms. The van der Waals surface area contributed by atoms with Crippen molar-refractivity contribution in [1.82, 2.24) is 10.3 Å². The Morgan fingerprint density at radius 3 is 2.67 bits per heavy atom. The lowest BCUT2D eigenvalue weighted by Gasteiger charge is -2.16. The number of hydrogen-bond donors (Lipinski definition) is 1. The van der Waals surface area contributed by atoms with Gasteiger partial charge in [0.15, 0.2) is 0 Å². The van der Waals surface area contributed by atoms with Crippen molar-refractivity contribution < 1.29 is 4.74 Å². The van der Waals surface area contributed by atoms with Gasteiger partial charge in [0, 0.05) is 18.3 Å². The SMILES string of the molecule is CNCc1cccnc1OC(C)c1ccccc1. The van der Waals surface area contributed by atoms with Crippen molar-refractivity contribution in [3.05, 3.63) is 59.8 Å². The summed E-state index contributed by atoms with van der Waals surface area (Å²) in [5, 5.41) is 3.12. The molecule has 0 aliphatic heterocycles. The molecule has 0 saturated carbocycles. The van der Waals surface area contributed by atoms with E-state index in [-0.39, 0.29) is 6.10 Å². The van der Waals surface area contributed by atoms with Gasteiger partial charge in [-0.3, -0.25) is 0 Å². The molecular formula is C15H18N2O. The average molecular weight is 242 g/mol. The van der Waals surface area contributed by atoms with E-state index >= 15 is 0 Å². The van der Waals surface area contributed by atoms with E-state index in [0.717, 1.165) is 17.7 Å². The number of benzene rings is 1. The molecule has 1 aromatic heterocycles. The lowest BCUT2D eigenvalue weighted by Crippen LogP contribution is -2.10. The van der Waals surface area contributed by atoms with E-state index in [1.54, 1.807) is 6.20 Å². The van der Waals surface area contributed by atoms with Gasteiger partial charge in [0.25, 0.3) is 0 Å². The highest BCUT2D eigenvalue weighted by atomic mass is 16.5. The van der Waals surface area contributed by atoms with Crippen molar-refractivity contribution in [2.75, 3.05) is 7.05 Å². The van der Waals surface area contributed by atoms with Crippen LogP contribution in [-0.2, 0) is 6.54 Å². The van der Waals surface area contributed by atoms with E-state index in [1.807, 2.05) is 44.3 Å².